The highest BCUT2D eigenvalue weighted by atomic mass is 15.2. The van der Waals surface area contributed by atoms with Crippen LogP contribution in [0.15, 0.2) is 18.3 Å². The maximum absolute atomic E-state index is 4.68. The summed E-state index contributed by atoms with van der Waals surface area (Å²) in [5.74, 6) is 1.17. The van der Waals surface area contributed by atoms with Gasteiger partial charge < -0.3 is 4.90 Å². The van der Waals surface area contributed by atoms with E-state index in [1.807, 2.05) is 0 Å². The molecule has 1 aromatic rings. The minimum absolute atomic E-state index is 0.591. The molecule has 0 unspecified atom stereocenters. The summed E-state index contributed by atoms with van der Waals surface area (Å²) in [4.78, 5) is 9.54. The molecule has 98 valence electrons. The maximum atomic E-state index is 4.68. The highest BCUT2D eigenvalue weighted by Gasteiger charge is 2.23. The van der Waals surface area contributed by atoms with Crippen LogP contribution in [0.4, 0.5) is 5.82 Å². The molecule has 3 nitrogen and oxygen atoms in total. The third kappa shape index (κ3) is 2.37. The highest BCUT2D eigenvalue weighted by molar-refractivity contribution is 5.40. The molecule has 0 spiro atoms. The highest BCUT2D eigenvalue weighted by Crippen LogP contribution is 2.30. The van der Waals surface area contributed by atoms with Gasteiger partial charge in [0.15, 0.2) is 0 Å². The van der Waals surface area contributed by atoms with E-state index in [9.17, 15) is 0 Å². The van der Waals surface area contributed by atoms with Crippen molar-refractivity contribution in [2.24, 2.45) is 0 Å². The number of piperidine rings is 1. The number of anilines is 1. The van der Waals surface area contributed by atoms with Crippen molar-refractivity contribution in [1.29, 1.82) is 0 Å². The zero-order chi connectivity index (χ0) is 12.4. The van der Waals surface area contributed by atoms with Crippen LogP contribution < -0.4 is 4.90 Å². The summed E-state index contributed by atoms with van der Waals surface area (Å²) in [5, 5.41) is 0. The minimum Gasteiger partial charge on any atom is -0.357 e. The summed E-state index contributed by atoms with van der Waals surface area (Å²) < 4.78 is 0. The SMILES string of the molecule is CN1CCC[C@H]1c1ccc(N2CCCCC2)nc1. The van der Waals surface area contributed by atoms with E-state index in [0.717, 1.165) is 0 Å². The summed E-state index contributed by atoms with van der Waals surface area (Å²) >= 11 is 0. The van der Waals surface area contributed by atoms with E-state index < -0.39 is 0 Å². The van der Waals surface area contributed by atoms with Crippen molar-refractivity contribution in [2.45, 2.75) is 38.1 Å². The summed E-state index contributed by atoms with van der Waals surface area (Å²) in [5.41, 5.74) is 1.38. The van der Waals surface area contributed by atoms with Crippen LogP contribution in [0.1, 0.15) is 43.7 Å². The summed E-state index contributed by atoms with van der Waals surface area (Å²) in [6.07, 6.45) is 8.69. The number of hydrogen-bond acceptors (Lipinski definition) is 3. The number of rotatable bonds is 2. The lowest BCUT2D eigenvalue weighted by Gasteiger charge is -2.28. The smallest absolute Gasteiger partial charge is 0.128 e. The fourth-order valence-corrected chi connectivity index (χ4v) is 3.24. The molecule has 2 aliphatic rings. The van der Waals surface area contributed by atoms with E-state index in [-0.39, 0.29) is 0 Å². The minimum atomic E-state index is 0.591. The molecule has 0 aliphatic carbocycles. The Bertz CT molecular complexity index is 381. The maximum Gasteiger partial charge on any atom is 0.128 e. The van der Waals surface area contributed by atoms with Gasteiger partial charge in [-0.3, -0.25) is 4.90 Å². The molecule has 0 N–H and O–H groups in total. The average molecular weight is 245 g/mol. The standard InChI is InChI=1S/C15H23N3/c1-17-9-5-6-14(17)13-7-8-15(16-12-13)18-10-3-2-4-11-18/h7-8,12,14H,2-6,9-11H2,1H3/t14-/m0/s1. The number of aromatic nitrogens is 1. The number of hydrogen-bond donors (Lipinski definition) is 0. The van der Waals surface area contributed by atoms with Gasteiger partial charge in [-0.05, 0) is 57.3 Å². The second kappa shape index (κ2) is 5.27. The first-order chi connectivity index (χ1) is 8.84. The second-order valence-corrected chi connectivity index (χ2v) is 5.64. The number of pyridine rings is 1. The van der Waals surface area contributed by atoms with E-state index in [4.69, 9.17) is 0 Å². The van der Waals surface area contributed by atoms with E-state index in [1.165, 1.54) is 63.1 Å². The van der Waals surface area contributed by atoms with Gasteiger partial charge in [0.1, 0.15) is 5.82 Å². The monoisotopic (exact) mass is 245 g/mol. The van der Waals surface area contributed by atoms with Gasteiger partial charge in [0.25, 0.3) is 0 Å². The van der Waals surface area contributed by atoms with Crippen molar-refractivity contribution in [3.8, 4) is 0 Å². The fourth-order valence-electron chi connectivity index (χ4n) is 3.24. The van der Waals surface area contributed by atoms with Gasteiger partial charge in [-0.1, -0.05) is 6.07 Å². The molecule has 0 radical (unpaired) electrons. The molecule has 3 heteroatoms. The molecule has 2 saturated heterocycles. The molecule has 0 bridgehead atoms. The van der Waals surface area contributed by atoms with E-state index in [2.05, 4.69) is 40.2 Å². The zero-order valence-corrected chi connectivity index (χ0v) is 11.3. The molecular formula is C15H23N3. The van der Waals surface area contributed by atoms with Crippen LogP contribution in [0.25, 0.3) is 0 Å². The molecule has 0 aromatic carbocycles. The van der Waals surface area contributed by atoms with Crippen molar-refractivity contribution in [1.82, 2.24) is 9.88 Å². The topological polar surface area (TPSA) is 19.4 Å². The van der Waals surface area contributed by atoms with Crippen LogP contribution in [0.3, 0.4) is 0 Å². The van der Waals surface area contributed by atoms with Gasteiger partial charge in [0.2, 0.25) is 0 Å². The lowest BCUT2D eigenvalue weighted by atomic mass is 10.1. The summed E-state index contributed by atoms with van der Waals surface area (Å²) in [7, 11) is 2.22. The fraction of sp³-hybridized carbons (Fsp3) is 0.667. The largest absolute Gasteiger partial charge is 0.357 e. The molecule has 1 aromatic heterocycles. The molecule has 0 amide bonds. The third-order valence-electron chi connectivity index (χ3n) is 4.36. The van der Waals surface area contributed by atoms with Crippen LogP contribution in [-0.4, -0.2) is 36.6 Å². The van der Waals surface area contributed by atoms with Crippen molar-refractivity contribution in [3.05, 3.63) is 23.9 Å². The van der Waals surface area contributed by atoms with Crippen LogP contribution in [0, 0.1) is 0 Å². The van der Waals surface area contributed by atoms with Crippen molar-refractivity contribution in [3.63, 3.8) is 0 Å². The Morgan fingerprint density at radius 1 is 1.06 bits per heavy atom. The molecule has 3 rings (SSSR count). The zero-order valence-electron chi connectivity index (χ0n) is 11.3. The number of nitrogens with zero attached hydrogens (tertiary/aromatic N) is 3. The van der Waals surface area contributed by atoms with Crippen molar-refractivity contribution >= 4 is 5.82 Å². The Morgan fingerprint density at radius 2 is 1.89 bits per heavy atom. The van der Waals surface area contributed by atoms with Crippen molar-refractivity contribution in [2.75, 3.05) is 31.6 Å². The van der Waals surface area contributed by atoms with Gasteiger partial charge >= 0.3 is 0 Å². The Hall–Kier alpha value is -1.09. The third-order valence-corrected chi connectivity index (χ3v) is 4.36. The second-order valence-electron chi connectivity index (χ2n) is 5.64. The van der Waals surface area contributed by atoms with Gasteiger partial charge in [-0.25, -0.2) is 4.98 Å². The lowest BCUT2D eigenvalue weighted by molar-refractivity contribution is 0.317. The van der Waals surface area contributed by atoms with E-state index in [0.29, 0.717) is 6.04 Å². The van der Waals surface area contributed by atoms with Crippen LogP contribution in [0.5, 0.6) is 0 Å². The van der Waals surface area contributed by atoms with Gasteiger partial charge in [0, 0.05) is 25.3 Å². The molecule has 0 saturated carbocycles. The predicted molar refractivity (Wildman–Crippen MR) is 74.9 cm³/mol. The van der Waals surface area contributed by atoms with E-state index >= 15 is 0 Å². The Labute approximate surface area is 110 Å². The molecule has 1 atom stereocenters. The molecular weight excluding hydrogens is 222 g/mol. The van der Waals surface area contributed by atoms with Crippen LogP contribution in [0.2, 0.25) is 0 Å². The molecule has 2 fully saturated rings. The van der Waals surface area contributed by atoms with E-state index in [1.54, 1.807) is 0 Å². The normalized spacial score (nSPS) is 25.6. The summed E-state index contributed by atoms with van der Waals surface area (Å²) in [6.45, 7) is 3.57. The van der Waals surface area contributed by atoms with Gasteiger partial charge in [-0.2, -0.15) is 0 Å². The quantitative estimate of drug-likeness (QED) is 0.798. The first-order valence-corrected chi connectivity index (χ1v) is 7.26. The van der Waals surface area contributed by atoms with Crippen LogP contribution >= 0.6 is 0 Å². The first kappa shape index (κ1) is 12.0. The lowest BCUT2D eigenvalue weighted by Crippen LogP contribution is -2.30. The number of likely N-dealkylation sites (tertiary alicyclic amines) is 1. The van der Waals surface area contributed by atoms with Gasteiger partial charge in [-0.15, -0.1) is 0 Å². The molecule has 2 aliphatic heterocycles. The Balaban J connectivity index is 1.72. The average Bonchev–Trinajstić information content (AvgIpc) is 2.86. The molecule has 18 heavy (non-hydrogen) atoms. The predicted octanol–water partition coefficient (Wildman–Crippen LogP) is 2.84. The van der Waals surface area contributed by atoms with Crippen LogP contribution in [-0.2, 0) is 0 Å². The van der Waals surface area contributed by atoms with Gasteiger partial charge in [0.05, 0.1) is 0 Å². The van der Waals surface area contributed by atoms with Crippen molar-refractivity contribution < 1.29 is 0 Å². The Morgan fingerprint density at radius 3 is 2.50 bits per heavy atom. The molecule has 3 heterocycles. The summed E-state index contributed by atoms with van der Waals surface area (Å²) in [6, 6.07) is 5.09. The first-order valence-electron chi connectivity index (χ1n) is 7.26. The Kier molecular flexibility index (Phi) is 3.50.